The van der Waals surface area contributed by atoms with Crippen LogP contribution in [0.2, 0.25) is 0 Å². The average Bonchev–Trinajstić information content (AvgIpc) is 3.44. The van der Waals surface area contributed by atoms with E-state index < -0.39 is 39.6 Å². The SMILES string of the molecule is COC(=O)C(=O)/C=C(\O)c1cn(S(=O)(=O)c2ccccc2)c2ccc(C(=O)OC(c3ccccc3)c3ccccc3)cc12. The highest BCUT2D eigenvalue weighted by Crippen LogP contribution is 2.32. The van der Waals surface area contributed by atoms with Crippen LogP contribution >= 0.6 is 0 Å². The quantitative estimate of drug-likeness (QED) is 0.103. The van der Waals surface area contributed by atoms with Crippen LogP contribution in [0.4, 0.5) is 0 Å². The van der Waals surface area contributed by atoms with Crippen LogP contribution in [0.5, 0.6) is 0 Å². The Kier molecular flexibility index (Phi) is 8.22. The van der Waals surface area contributed by atoms with Crippen molar-refractivity contribution in [3.8, 4) is 0 Å². The standard InChI is InChI=1S/C33H25NO8S/c1-41-33(38)30(36)20-29(35)27-21-34(43(39,40)25-15-9-4-10-16-25)28-18-17-24(19-26(27)28)32(37)42-31(22-11-5-2-6-12-22)23-13-7-3-8-14-23/h2-21,31,35H,1H3/b29-20-. The first-order valence-corrected chi connectivity index (χ1v) is 14.4. The Morgan fingerprint density at radius 3 is 1.93 bits per heavy atom. The molecule has 0 saturated carbocycles. The smallest absolute Gasteiger partial charge is 0.378 e. The molecule has 0 unspecified atom stereocenters. The van der Waals surface area contributed by atoms with Gasteiger partial charge in [-0.1, -0.05) is 78.9 Å². The Morgan fingerprint density at radius 2 is 1.37 bits per heavy atom. The van der Waals surface area contributed by atoms with E-state index in [1.807, 2.05) is 60.7 Å². The number of aromatic nitrogens is 1. The van der Waals surface area contributed by atoms with Gasteiger partial charge in [0.2, 0.25) is 0 Å². The van der Waals surface area contributed by atoms with Gasteiger partial charge in [-0.3, -0.25) is 4.79 Å². The molecule has 0 fully saturated rings. The maximum atomic E-state index is 13.6. The Hall–Kier alpha value is -5.48. The molecule has 4 aromatic carbocycles. The number of methoxy groups -OCH3 is 1. The monoisotopic (exact) mass is 595 g/mol. The molecule has 0 spiro atoms. The van der Waals surface area contributed by atoms with Gasteiger partial charge < -0.3 is 14.6 Å². The lowest BCUT2D eigenvalue weighted by atomic mass is 10.0. The van der Waals surface area contributed by atoms with E-state index in [4.69, 9.17) is 4.74 Å². The number of carbonyl (C=O) groups is 3. The zero-order valence-electron chi connectivity index (χ0n) is 22.8. The normalized spacial score (nSPS) is 11.8. The number of esters is 2. The summed E-state index contributed by atoms with van der Waals surface area (Å²) in [5, 5.41) is 11.0. The molecule has 5 rings (SSSR count). The fourth-order valence-corrected chi connectivity index (χ4v) is 5.95. The van der Waals surface area contributed by atoms with Crippen LogP contribution in [0.1, 0.15) is 33.2 Å². The number of carbonyl (C=O) groups excluding carboxylic acids is 3. The zero-order valence-corrected chi connectivity index (χ0v) is 23.6. The summed E-state index contributed by atoms with van der Waals surface area (Å²) in [4.78, 5) is 37.4. The maximum absolute atomic E-state index is 13.6. The molecule has 9 nitrogen and oxygen atoms in total. The van der Waals surface area contributed by atoms with E-state index in [-0.39, 0.29) is 26.9 Å². The third-order valence-corrected chi connectivity index (χ3v) is 8.35. The molecule has 1 N–H and O–H groups in total. The molecule has 1 heterocycles. The Morgan fingerprint density at radius 1 is 0.814 bits per heavy atom. The lowest BCUT2D eigenvalue weighted by Crippen LogP contribution is -2.13. The van der Waals surface area contributed by atoms with E-state index in [1.165, 1.54) is 30.3 Å². The number of rotatable bonds is 9. The van der Waals surface area contributed by atoms with Gasteiger partial charge in [0, 0.05) is 23.2 Å². The second kappa shape index (κ2) is 12.2. The Labute approximate surface area is 247 Å². The van der Waals surface area contributed by atoms with Crippen molar-refractivity contribution in [1.82, 2.24) is 3.97 Å². The largest absolute Gasteiger partial charge is 0.507 e. The molecule has 0 bridgehead atoms. The number of benzene rings is 4. The third-order valence-electron chi connectivity index (χ3n) is 6.67. The third kappa shape index (κ3) is 5.95. The molecule has 1 aromatic heterocycles. The fraction of sp³-hybridized carbons (Fsp3) is 0.0606. The van der Waals surface area contributed by atoms with E-state index in [0.29, 0.717) is 6.08 Å². The predicted octanol–water partition coefficient (Wildman–Crippen LogP) is 5.47. The van der Waals surface area contributed by atoms with Gasteiger partial charge in [0.25, 0.3) is 15.8 Å². The van der Waals surface area contributed by atoms with Crippen LogP contribution in [-0.2, 0) is 29.1 Å². The molecule has 43 heavy (non-hydrogen) atoms. The van der Waals surface area contributed by atoms with E-state index in [1.54, 1.807) is 18.2 Å². The van der Waals surface area contributed by atoms with Crippen molar-refractivity contribution in [2.75, 3.05) is 7.11 Å². The molecule has 0 radical (unpaired) electrons. The first kappa shape index (κ1) is 29.0. The van der Waals surface area contributed by atoms with Gasteiger partial charge in [-0.05, 0) is 41.5 Å². The van der Waals surface area contributed by atoms with Gasteiger partial charge in [-0.15, -0.1) is 0 Å². The minimum absolute atomic E-state index is 0.0235. The molecule has 5 aromatic rings. The van der Waals surface area contributed by atoms with Crippen LogP contribution in [0.3, 0.4) is 0 Å². The summed E-state index contributed by atoms with van der Waals surface area (Å²) in [6.07, 6.45) is 1.01. The van der Waals surface area contributed by atoms with E-state index in [9.17, 15) is 27.9 Å². The van der Waals surface area contributed by atoms with Gasteiger partial charge in [-0.25, -0.2) is 22.0 Å². The topological polar surface area (TPSA) is 129 Å². The highest BCUT2D eigenvalue weighted by Gasteiger charge is 2.26. The molecular formula is C33H25NO8S. The van der Waals surface area contributed by atoms with Crippen LogP contribution < -0.4 is 0 Å². The van der Waals surface area contributed by atoms with Gasteiger partial charge in [-0.2, -0.15) is 0 Å². The van der Waals surface area contributed by atoms with Crippen LogP contribution in [0.25, 0.3) is 16.7 Å². The summed E-state index contributed by atoms with van der Waals surface area (Å²) in [7, 11) is -3.15. The summed E-state index contributed by atoms with van der Waals surface area (Å²) in [6.45, 7) is 0. The summed E-state index contributed by atoms with van der Waals surface area (Å²) >= 11 is 0. The first-order valence-electron chi connectivity index (χ1n) is 13.0. The van der Waals surface area contributed by atoms with Crippen molar-refractivity contribution in [2.24, 2.45) is 0 Å². The maximum Gasteiger partial charge on any atom is 0.378 e. The first-order chi connectivity index (χ1) is 20.7. The number of hydrogen-bond acceptors (Lipinski definition) is 8. The molecule has 0 saturated heterocycles. The summed E-state index contributed by atoms with van der Waals surface area (Å²) in [5.74, 6) is -3.78. The second-order valence-electron chi connectivity index (χ2n) is 9.38. The molecular weight excluding hydrogens is 570 g/mol. The van der Waals surface area contributed by atoms with E-state index >= 15 is 0 Å². The van der Waals surface area contributed by atoms with Gasteiger partial charge in [0.05, 0.1) is 23.1 Å². The summed E-state index contributed by atoms with van der Waals surface area (Å²) in [5.41, 5.74) is 1.55. The predicted molar refractivity (Wildman–Crippen MR) is 159 cm³/mol. The minimum atomic E-state index is -4.17. The lowest BCUT2D eigenvalue weighted by Gasteiger charge is -2.19. The number of ketones is 1. The second-order valence-corrected chi connectivity index (χ2v) is 11.2. The number of hydrogen-bond donors (Lipinski definition) is 1. The van der Waals surface area contributed by atoms with Crippen LogP contribution in [0.15, 0.2) is 126 Å². The van der Waals surface area contributed by atoms with E-state index in [2.05, 4.69) is 4.74 Å². The molecule has 216 valence electrons. The van der Waals surface area contributed by atoms with Crippen LogP contribution in [0, 0.1) is 0 Å². The van der Waals surface area contributed by atoms with E-state index in [0.717, 1.165) is 28.4 Å². The number of ether oxygens (including phenoxy) is 2. The summed E-state index contributed by atoms with van der Waals surface area (Å²) < 4.78 is 38.4. The molecule has 0 atom stereocenters. The Balaban J connectivity index is 1.62. The molecule has 0 aliphatic heterocycles. The van der Waals surface area contributed by atoms with Crippen molar-refractivity contribution >= 4 is 44.4 Å². The van der Waals surface area contributed by atoms with Crippen molar-refractivity contribution in [2.45, 2.75) is 11.0 Å². The molecule has 0 amide bonds. The molecule has 10 heteroatoms. The van der Waals surface area contributed by atoms with Crippen molar-refractivity contribution < 1.29 is 37.4 Å². The average molecular weight is 596 g/mol. The number of nitrogens with zero attached hydrogens (tertiary/aromatic N) is 1. The number of aliphatic hydroxyl groups is 1. The number of aliphatic hydroxyl groups excluding tert-OH is 1. The van der Waals surface area contributed by atoms with Gasteiger partial charge >= 0.3 is 11.9 Å². The van der Waals surface area contributed by atoms with Gasteiger partial charge in [0.1, 0.15) is 5.76 Å². The summed E-state index contributed by atoms with van der Waals surface area (Å²) in [6, 6.07) is 30.2. The van der Waals surface area contributed by atoms with Crippen molar-refractivity contribution in [3.63, 3.8) is 0 Å². The van der Waals surface area contributed by atoms with Crippen LogP contribution in [-0.4, -0.2) is 42.3 Å². The molecule has 0 aliphatic rings. The van der Waals surface area contributed by atoms with Gasteiger partial charge in [0.15, 0.2) is 6.10 Å². The zero-order chi connectivity index (χ0) is 30.6. The highest BCUT2D eigenvalue weighted by atomic mass is 32.2. The highest BCUT2D eigenvalue weighted by molar-refractivity contribution is 7.90. The van der Waals surface area contributed by atoms with Crippen molar-refractivity contribution in [1.29, 1.82) is 0 Å². The number of fused-ring (bicyclic) bond motifs is 1. The molecule has 0 aliphatic carbocycles. The lowest BCUT2D eigenvalue weighted by molar-refractivity contribution is -0.149. The fourth-order valence-electron chi connectivity index (χ4n) is 4.56. The van der Waals surface area contributed by atoms with Crippen molar-refractivity contribution in [3.05, 3.63) is 144 Å². The Bertz CT molecular complexity index is 1910. The minimum Gasteiger partial charge on any atom is -0.507 e.